The lowest BCUT2D eigenvalue weighted by molar-refractivity contribution is 0.102. The minimum absolute atomic E-state index is 0.145. The molecule has 3 aromatic rings. The summed E-state index contributed by atoms with van der Waals surface area (Å²) in [4.78, 5) is 27.1. The summed E-state index contributed by atoms with van der Waals surface area (Å²) in [6.45, 7) is 2.07. The van der Waals surface area contributed by atoms with Gasteiger partial charge in [0.25, 0.3) is 5.91 Å². The molecule has 0 saturated heterocycles. The van der Waals surface area contributed by atoms with Gasteiger partial charge in [-0.3, -0.25) is 14.3 Å². The van der Waals surface area contributed by atoms with Gasteiger partial charge in [0.1, 0.15) is 5.56 Å². The van der Waals surface area contributed by atoms with E-state index in [9.17, 15) is 9.59 Å². The van der Waals surface area contributed by atoms with Crippen molar-refractivity contribution in [2.45, 2.75) is 19.8 Å². The second-order valence-electron chi connectivity index (χ2n) is 5.85. The molecule has 7 heteroatoms. The second-order valence-corrected chi connectivity index (χ2v) is 5.85. The van der Waals surface area contributed by atoms with Crippen molar-refractivity contribution in [3.8, 4) is 5.88 Å². The van der Waals surface area contributed by atoms with Gasteiger partial charge in [-0.25, -0.2) is 0 Å². The molecule has 0 spiro atoms. The Kier molecular flexibility index (Phi) is 4.56. The van der Waals surface area contributed by atoms with Crippen LogP contribution in [-0.4, -0.2) is 27.8 Å². The van der Waals surface area contributed by atoms with Crippen LogP contribution in [0.3, 0.4) is 0 Å². The van der Waals surface area contributed by atoms with Gasteiger partial charge in [0.2, 0.25) is 11.4 Å². The first-order valence-electron chi connectivity index (χ1n) is 8.06. The Morgan fingerprint density at radius 2 is 2.16 bits per heavy atom. The van der Waals surface area contributed by atoms with Gasteiger partial charge in [0.15, 0.2) is 0 Å². The zero-order valence-corrected chi connectivity index (χ0v) is 14.4. The highest BCUT2D eigenvalue weighted by atomic mass is 16.5. The van der Waals surface area contributed by atoms with E-state index in [1.54, 1.807) is 25.4 Å². The van der Waals surface area contributed by atoms with Crippen molar-refractivity contribution in [3.63, 3.8) is 0 Å². The Balaban J connectivity index is 1.94. The van der Waals surface area contributed by atoms with E-state index in [0.29, 0.717) is 16.8 Å². The van der Waals surface area contributed by atoms with Crippen LogP contribution in [0.4, 0.5) is 5.69 Å². The van der Waals surface area contributed by atoms with E-state index in [0.717, 1.165) is 23.8 Å². The molecule has 0 aliphatic carbocycles. The topological polar surface area (TPSA) is 89.0 Å². The summed E-state index contributed by atoms with van der Waals surface area (Å²) in [6, 6.07) is 7.12. The average molecular weight is 340 g/mol. The number of methoxy groups -OCH3 is 1. The first kappa shape index (κ1) is 16.8. The number of anilines is 1. The van der Waals surface area contributed by atoms with Crippen LogP contribution in [-0.2, 0) is 13.5 Å². The summed E-state index contributed by atoms with van der Waals surface area (Å²) in [5.74, 6) is -0.0595. The molecule has 0 unspecified atom stereocenters. The number of rotatable bonds is 5. The van der Waals surface area contributed by atoms with E-state index in [2.05, 4.69) is 22.3 Å². The Hall–Kier alpha value is -3.09. The summed E-state index contributed by atoms with van der Waals surface area (Å²) in [5, 5.41) is 7.87. The fraction of sp³-hybridized carbons (Fsp3) is 0.278. The number of amides is 1. The number of aromatic amines is 1. The number of nitrogens with one attached hydrogen (secondary N) is 2. The number of pyridine rings is 1. The highest BCUT2D eigenvalue weighted by molar-refractivity contribution is 6.06. The highest BCUT2D eigenvalue weighted by Crippen LogP contribution is 2.22. The monoisotopic (exact) mass is 340 g/mol. The lowest BCUT2D eigenvalue weighted by Crippen LogP contribution is -2.13. The number of nitrogens with zero attached hydrogens (tertiary/aromatic N) is 2. The van der Waals surface area contributed by atoms with Gasteiger partial charge in [0.05, 0.1) is 12.6 Å². The molecule has 7 nitrogen and oxygen atoms in total. The molecule has 1 amide bonds. The third kappa shape index (κ3) is 3.40. The summed E-state index contributed by atoms with van der Waals surface area (Å²) >= 11 is 0. The number of fused-ring (bicyclic) bond motifs is 1. The van der Waals surface area contributed by atoms with Gasteiger partial charge in [-0.1, -0.05) is 19.4 Å². The fourth-order valence-electron chi connectivity index (χ4n) is 2.86. The molecule has 25 heavy (non-hydrogen) atoms. The van der Waals surface area contributed by atoms with Crippen LogP contribution in [0.15, 0.2) is 35.3 Å². The zero-order valence-electron chi connectivity index (χ0n) is 14.4. The quantitative estimate of drug-likeness (QED) is 0.747. The Morgan fingerprint density at radius 1 is 1.36 bits per heavy atom. The van der Waals surface area contributed by atoms with Crippen LogP contribution in [0, 0.1) is 0 Å². The normalized spacial score (nSPS) is 10.8. The molecule has 0 aliphatic heterocycles. The lowest BCUT2D eigenvalue weighted by Gasteiger charge is -2.09. The number of benzene rings is 1. The SMILES string of the molecule is CCCc1cc(=O)[nH]c2cc(NC(=O)c3cn(C)nc3OC)ccc12. The molecule has 0 fully saturated rings. The average Bonchev–Trinajstić information content (AvgIpc) is 2.96. The smallest absolute Gasteiger partial charge is 0.262 e. The van der Waals surface area contributed by atoms with Crippen molar-refractivity contribution in [2.75, 3.05) is 12.4 Å². The maximum atomic E-state index is 12.5. The first-order valence-corrected chi connectivity index (χ1v) is 8.06. The second kappa shape index (κ2) is 6.80. The first-order chi connectivity index (χ1) is 12.0. The van der Waals surface area contributed by atoms with E-state index in [1.165, 1.54) is 11.8 Å². The van der Waals surface area contributed by atoms with Crippen molar-refractivity contribution < 1.29 is 9.53 Å². The molecule has 2 aromatic heterocycles. The number of carbonyl (C=O) groups excluding carboxylic acids is 1. The molecule has 130 valence electrons. The predicted octanol–water partition coefficient (Wildman–Crippen LogP) is 2.48. The van der Waals surface area contributed by atoms with Crippen molar-refractivity contribution in [3.05, 3.63) is 51.9 Å². The summed E-state index contributed by atoms with van der Waals surface area (Å²) in [6.07, 6.45) is 3.38. The van der Waals surface area contributed by atoms with Gasteiger partial charge >= 0.3 is 0 Å². The Morgan fingerprint density at radius 3 is 2.88 bits per heavy atom. The van der Waals surface area contributed by atoms with Crippen LogP contribution in [0.1, 0.15) is 29.3 Å². The van der Waals surface area contributed by atoms with Gasteiger partial charge < -0.3 is 15.0 Å². The van der Waals surface area contributed by atoms with Crippen molar-refractivity contribution >= 4 is 22.5 Å². The minimum atomic E-state index is -0.323. The molecule has 2 heterocycles. The number of hydrogen-bond acceptors (Lipinski definition) is 4. The maximum absolute atomic E-state index is 12.5. The standard InChI is InChI=1S/C18H20N4O3/c1-4-5-11-8-16(23)20-15-9-12(6-7-13(11)15)19-17(24)14-10-22(2)21-18(14)25-3/h6-10H,4-5H2,1-3H3,(H,19,24)(H,20,23). The fourth-order valence-corrected chi connectivity index (χ4v) is 2.86. The molecular weight excluding hydrogens is 320 g/mol. The van der Waals surface area contributed by atoms with Crippen LogP contribution >= 0.6 is 0 Å². The number of hydrogen-bond donors (Lipinski definition) is 2. The van der Waals surface area contributed by atoms with E-state index in [4.69, 9.17) is 4.74 Å². The summed E-state index contributed by atoms with van der Waals surface area (Å²) in [7, 11) is 3.18. The van der Waals surface area contributed by atoms with Crippen molar-refractivity contribution in [2.24, 2.45) is 7.05 Å². The summed E-state index contributed by atoms with van der Waals surface area (Å²) < 4.78 is 6.63. The zero-order chi connectivity index (χ0) is 18.0. The van der Waals surface area contributed by atoms with Gasteiger partial charge in [-0.15, -0.1) is 5.10 Å². The van der Waals surface area contributed by atoms with Crippen molar-refractivity contribution in [1.82, 2.24) is 14.8 Å². The third-order valence-electron chi connectivity index (χ3n) is 3.94. The van der Waals surface area contributed by atoms with Gasteiger partial charge in [-0.2, -0.15) is 0 Å². The molecular formula is C18H20N4O3. The molecule has 0 saturated carbocycles. The number of carbonyl (C=O) groups is 1. The van der Waals surface area contributed by atoms with Crippen LogP contribution < -0.4 is 15.6 Å². The van der Waals surface area contributed by atoms with Crippen LogP contribution in [0.5, 0.6) is 5.88 Å². The predicted molar refractivity (Wildman–Crippen MR) is 96.3 cm³/mol. The van der Waals surface area contributed by atoms with E-state index in [1.807, 2.05) is 12.1 Å². The molecule has 0 radical (unpaired) electrons. The van der Waals surface area contributed by atoms with E-state index < -0.39 is 0 Å². The molecule has 0 aliphatic rings. The largest absolute Gasteiger partial charge is 0.479 e. The van der Waals surface area contributed by atoms with Crippen LogP contribution in [0.2, 0.25) is 0 Å². The Labute approximate surface area is 144 Å². The van der Waals surface area contributed by atoms with E-state index in [-0.39, 0.29) is 17.3 Å². The molecule has 0 bridgehead atoms. The highest BCUT2D eigenvalue weighted by Gasteiger charge is 2.16. The maximum Gasteiger partial charge on any atom is 0.262 e. The minimum Gasteiger partial charge on any atom is -0.479 e. The summed E-state index contributed by atoms with van der Waals surface area (Å²) in [5.41, 5.74) is 2.50. The molecule has 1 aromatic carbocycles. The molecule has 0 atom stereocenters. The third-order valence-corrected chi connectivity index (χ3v) is 3.94. The van der Waals surface area contributed by atoms with Crippen LogP contribution in [0.25, 0.3) is 10.9 Å². The van der Waals surface area contributed by atoms with Gasteiger partial charge in [-0.05, 0) is 24.1 Å². The Bertz CT molecular complexity index is 988. The lowest BCUT2D eigenvalue weighted by atomic mass is 10.0. The molecule has 2 N–H and O–H groups in total. The number of aromatic nitrogens is 3. The van der Waals surface area contributed by atoms with E-state index >= 15 is 0 Å². The molecule has 3 rings (SSSR count). The number of ether oxygens (including phenoxy) is 1. The number of H-pyrrole nitrogens is 1. The van der Waals surface area contributed by atoms with Gasteiger partial charge in [0, 0.05) is 30.4 Å². The van der Waals surface area contributed by atoms with Crippen molar-refractivity contribution in [1.29, 1.82) is 0 Å². The number of aryl methyl sites for hydroxylation is 2.